The van der Waals surface area contributed by atoms with E-state index in [2.05, 4.69) is 6.58 Å². The molecular weight excluding hydrogens is 340 g/mol. The Bertz CT molecular complexity index is 387. The Balaban J connectivity index is 3.82. The highest BCUT2D eigenvalue weighted by Gasteiger charge is 2.21. The van der Waals surface area contributed by atoms with E-state index in [1.807, 2.05) is 39.3 Å². The van der Waals surface area contributed by atoms with Gasteiger partial charge in [0.2, 0.25) is 16.6 Å². The van der Waals surface area contributed by atoms with Gasteiger partial charge in [0.05, 0.1) is 11.5 Å². The summed E-state index contributed by atoms with van der Waals surface area (Å²) in [6.45, 7) is 15.8. The van der Waals surface area contributed by atoms with Crippen LogP contribution in [0, 0.1) is 0 Å². The molecule has 0 aliphatic carbocycles. The molecule has 21 heavy (non-hydrogen) atoms. The Morgan fingerprint density at radius 3 is 1.71 bits per heavy atom. The van der Waals surface area contributed by atoms with Crippen molar-refractivity contribution >= 4 is 52.1 Å². The molecule has 0 fully saturated rings. The molecule has 4 nitrogen and oxygen atoms in total. The highest BCUT2D eigenvalue weighted by molar-refractivity contribution is 8.06. The van der Waals surface area contributed by atoms with Crippen LogP contribution in [0.4, 0.5) is 0 Å². The van der Waals surface area contributed by atoms with Gasteiger partial charge >= 0.3 is 11.9 Å². The molecule has 0 heterocycles. The fraction of sp³-hybridized carbons (Fsp3) is 0.692. The summed E-state index contributed by atoms with van der Waals surface area (Å²) in [4.78, 5) is 24.0. The van der Waals surface area contributed by atoms with Crippen LogP contribution in [0.3, 0.4) is 0 Å². The van der Waals surface area contributed by atoms with Crippen LogP contribution in [0.15, 0.2) is 11.5 Å². The smallest absolute Gasteiger partial charge is 0.302 e. The number of carbonyl (C=O) groups excluding carboxylic acids is 2. The maximum Gasteiger partial charge on any atom is 0.302 e. The van der Waals surface area contributed by atoms with Crippen LogP contribution in [0.5, 0.6) is 0 Å². The normalized spacial score (nSPS) is 11.9. The van der Waals surface area contributed by atoms with Gasteiger partial charge < -0.3 is 8.85 Å². The lowest BCUT2D eigenvalue weighted by Crippen LogP contribution is -2.30. The third-order valence-electron chi connectivity index (χ3n) is 1.72. The van der Waals surface area contributed by atoms with Crippen LogP contribution in [0.2, 0.25) is 39.3 Å². The first-order valence-electron chi connectivity index (χ1n) is 6.71. The van der Waals surface area contributed by atoms with Gasteiger partial charge in [-0.2, -0.15) is 0 Å². The molecular formula is C13H26O4S2Si2. The summed E-state index contributed by atoms with van der Waals surface area (Å²) in [6.07, 6.45) is 0. The van der Waals surface area contributed by atoms with E-state index in [1.54, 1.807) is 0 Å². The van der Waals surface area contributed by atoms with Crippen molar-refractivity contribution in [2.45, 2.75) is 39.3 Å². The Morgan fingerprint density at radius 1 is 0.857 bits per heavy atom. The minimum absolute atomic E-state index is 0.171. The quantitative estimate of drug-likeness (QED) is 0.580. The molecule has 0 aromatic carbocycles. The molecule has 0 amide bonds. The number of carbonyl (C=O) groups is 2. The molecule has 0 saturated carbocycles. The van der Waals surface area contributed by atoms with Gasteiger partial charge in [-0.05, 0) is 44.2 Å². The van der Waals surface area contributed by atoms with Crippen LogP contribution < -0.4 is 0 Å². The number of hydrogen-bond donors (Lipinski definition) is 0. The van der Waals surface area contributed by atoms with E-state index in [1.165, 1.54) is 23.5 Å². The summed E-state index contributed by atoms with van der Waals surface area (Å²) in [5, 5.41) is 0. The molecule has 0 spiro atoms. The molecule has 0 atom stereocenters. The highest BCUT2D eigenvalue weighted by atomic mass is 32.2. The van der Waals surface area contributed by atoms with Gasteiger partial charge in [-0.25, -0.2) is 0 Å². The summed E-state index contributed by atoms with van der Waals surface area (Å²) >= 11 is 2.84. The largest absolute Gasteiger partial charge is 0.519 e. The Hall–Kier alpha value is -0.186. The molecule has 0 aliphatic heterocycles. The van der Waals surface area contributed by atoms with Crippen molar-refractivity contribution in [1.82, 2.24) is 0 Å². The Kier molecular flexibility index (Phi) is 8.99. The molecule has 0 bridgehead atoms. The molecule has 0 saturated heterocycles. The standard InChI is InChI=1S/C13H26O4S2Si2/c1-11(19-10-13(15)17-21(5,6)7)8-18-9-12(14)16-20(2,3)4/h1,8-10H2,2-7H3. The van der Waals surface area contributed by atoms with Crippen molar-refractivity contribution in [3.05, 3.63) is 11.5 Å². The van der Waals surface area contributed by atoms with E-state index >= 15 is 0 Å². The average Bonchev–Trinajstić information content (AvgIpc) is 2.21. The third-order valence-corrected chi connectivity index (χ3v) is 5.51. The van der Waals surface area contributed by atoms with Gasteiger partial charge in [-0.1, -0.05) is 6.58 Å². The zero-order valence-electron chi connectivity index (χ0n) is 13.8. The molecule has 0 rings (SSSR count). The summed E-state index contributed by atoms with van der Waals surface area (Å²) in [6, 6.07) is 0. The first-order valence-corrected chi connectivity index (χ1v) is 15.7. The van der Waals surface area contributed by atoms with Crippen LogP contribution in [0.1, 0.15) is 0 Å². The van der Waals surface area contributed by atoms with Gasteiger partial charge in [-0.15, -0.1) is 23.5 Å². The number of rotatable bonds is 9. The van der Waals surface area contributed by atoms with Crippen molar-refractivity contribution in [1.29, 1.82) is 0 Å². The second kappa shape index (κ2) is 9.07. The molecule has 0 aliphatic rings. The van der Waals surface area contributed by atoms with Crippen molar-refractivity contribution in [3.8, 4) is 0 Å². The van der Waals surface area contributed by atoms with Crippen LogP contribution in [0.25, 0.3) is 0 Å². The minimum atomic E-state index is -1.81. The van der Waals surface area contributed by atoms with E-state index in [0.29, 0.717) is 11.5 Å². The SMILES string of the molecule is C=C(CSCC(=O)O[Si](C)(C)C)SCC(=O)O[Si](C)(C)C. The summed E-state index contributed by atoms with van der Waals surface area (Å²) < 4.78 is 10.7. The second-order valence-corrected chi connectivity index (χ2v) is 17.5. The Labute approximate surface area is 138 Å². The van der Waals surface area contributed by atoms with Crippen LogP contribution >= 0.6 is 23.5 Å². The van der Waals surface area contributed by atoms with Gasteiger partial charge in [0.1, 0.15) is 0 Å². The predicted octanol–water partition coefficient (Wildman–Crippen LogP) is 3.72. The fourth-order valence-corrected chi connectivity index (χ4v) is 4.43. The monoisotopic (exact) mass is 366 g/mol. The lowest BCUT2D eigenvalue weighted by Gasteiger charge is -2.17. The first kappa shape index (κ1) is 20.8. The van der Waals surface area contributed by atoms with E-state index in [9.17, 15) is 9.59 Å². The molecule has 0 aromatic heterocycles. The molecule has 0 N–H and O–H groups in total. The molecule has 0 radical (unpaired) electrons. The molecule has 8 heteroatoms. The minimum Gasteiger partial charge on any atom is -0.519 e. The van der Waals surface area contributed by atoms with Gasteiger partial charge in [0.15, 0.2) is 0 Å². The van der Waals surface area contributed by atoms with Crippen molar-refractivity contribution < 1.29 is 18.4 Å². The van der Waals surface area contributed by atoms with Gasteiger partial charge in [0.25, 0.3) is 0 Å². The highest BCUT2D eigenvalue weighted by Crippen LogP contribution is 2.20. The van der Waals surface area contributed by atoms with E-state index < -0.39 is 16.6 Å². The zero-order valence-corrected chi connectivity index (χ0v) is 17.4. The molecule has 122 valence electrons. The van der Waals surface area contributed by atoms with Crippen molar-refractivity contribution in [2.24, 2.45) is 0 Å². The molecule has 0 unspecified atom stereocenters. The predicted molar refractivity (Wildman–Crippen MR) is 97.8 cm³/mol. The molecule has 0 aromatic rings. The maximum absolute atomic E-state index is 11.6. The third kappa shape index (κ3) is 14.5. The lowest BCUT2D eigenvalue weighted by atomic mass is 10.7. The maximum atomic E-state index is 11.6. The summed E-state index contributed by atoms with van der Waals surface area (Å²) in [5.74, 6) is 0.872. The van der Waals surface area contributed by atoms with Crippen molar-refractivity contribution in [3.63, 3.8) is 0 Å². The average molecular weight is 367 g/mol. The second-order valence-electron chi connectivity index (χ2n) is 6.49. The summed E-state index contributed by atoms with van der Waals surface area (Å²) in [5.41, 5.74) is 0. The van der Waals surface area contributed by atoms with Gasteiger partial charge in [0, 0.05) is 5.75 Å². The van der Waals surface area contributed by atoms with E-state index in [4.69, 9.17) is 8.85 Å². The lowest BCUT2D eigenvalue weighted by molar-refractivity contribution is -0.133. The van der Waals surface area contributed by atoms with Crippen LogP contribution in [-0.4, -0.2) is 45.8 Å². The topological polar surface area (TPSA) is 52.6 Å². The van der Waals surface area contributed by atoms with Crippen molar-refractivity contribution in [2.75, 3.05) is 17.3 Å². The Morgan fingerprint density at radius 2 is 1.29 bits per heavy atom. The number of hydrogen-bond acceptors (Lipinski definition) is 6. The van der Waals surface area contributed by atoms with E-state index in [-0.39, 0.29) is 17.7 Å². The summed E-state index contributed by atoms with van der Waals surface area (Å²) in [7, 11) is -3.61. The first-order chi connectivity index (χ1) is 9.39. The van der Waals surface area contributed by atoms with E-state index in [0.717, 1.165) is 4.91 Å². The fourth-order valence-electron chi connectivity index (χ4n) is 1.19. The zero-order chi connectivity index (χ0) is 16.7. The number of thioether (sulfide) groups is 2. The van der Waals surface area contributed by atoms with Crippen LogP contribution in [-0.2, 0) is 18.4 Å². The van der Waals surface area contributed by atoms with Gasteiger partial charge in [-0.3, -0.25) is 9.59 Å².